The molecule has 0 amide bonds. The molecule has 0 bridgehead atoms. The van der Waals surface area contributed by atoms with E-state index < -0.39 is 59.2 Å². The Morgan fingerprint density at radius 2 is 1.13 bits per heavy atom. The van der Waals surface area contributed by atoms with Crippen molar-refractivity contribution in [2.24, 2.45) is 5.92 Å². The molecule has 0 fully saturated rings. The van der Waals surface area contributed by atoms with Crippen molar-refractivity contribution >= 4 is 0 Å². The molecule has 0 aliphatic rings. The first-order valence-electron chi connectivity index (χ1n) is 7.46. The number of aliphatic hydroxyl groups is 1. The minimum absolute atomic E-state index is 0.112. The van der Waals surface area contributed by atoms with Crippen LogP contribution in [-0.2, 0) is 0 Å². The van der Waals surface area contributed by atoms with Gasteiger partial charge in [-0.25, -0.2) is 4.39 Å². The largest absolute Gasteiger partial charge is 0.460 e. The fourth-order valence-electron chi connectivity index (χ4n) is 2.25. The van der Waals surface area contributed by atoms with Gasteiger partial charge in [0.15, 0.2) is 0 Å². The number of hydrogen-bond donors (Lipinski definition) is 1. The zero-order chi connectivity index (χ0) is 24.1. The number of benzene rings is 1. The Balaban J connectivity index is 3.47. The van der Waals surface area contributed by atoms with E-state index >= 15 is 0 Å². The predicted molar refractivity (Wildman–Crippen MR) is 71.3 cm³/mol. The van der Waals surface area contributed by atoms with Crippen LogP contribution in [0.3, 0.4) is 0 Å². The maximum Gasteiger partial charge on any atom is 0.460 e. The van der Waals surface area contributed by atoms with Crippen molar-refractivity contribution in [3.63, 3.8) is 0 Å². The lowest BCUT2D eigenvalue weighted by atomic mass is 9.83. The molecule has 0 heterocycles. The van der Waals surface area contributed by atoms with Gasteiger partial charge >= 0.3 is 35.8 Å². The topological polar surface area (TPSA) is 20.2 Å². The maximum atomic E-state index is 14.0. The van der Waals surface area contributed by atoms with Crippen LogP contribution in [-0.4, -0.2) is 40.9 Å². The fourth-order valence-corrected chi connectivity index (χ4v) is 2.25. The molecule has 2 unspecified atom stereocenters. The standard InChI is InChI=1S/C15H10F14O/c1-6(9(30)7-3-2-4-8(16)5-7)10(17,18)11(19,20)12(21,22)13(23,24)14(25,26)15(27,28)29/h2-6,9,30H,1H3. The number of halogens is 14. The van der Waals surface area contributed by atoms with Crippen molar-refractivity contribution in [2.75, 3.05) is 0 Å². The molecule has 0 aromatic heterocycles. The van der Waals surface area contributed by atoms with E-state index in [9.17, 15) is 66.6 Å². The smallest absolute Gasteiger partial charge is 0.388 e. The highest BCUT2D eigenvalue weighted by Crippen LogP contribution is 2.61. The van der Waals surface area contributed by atoms with Gasteiger partial charge in [0.2, 0.25) is 0 Å². The molecule has 1 nitrogen and oxygen atoms in total. The van der Waals surface area contributed by atoms with Gasteiger partial charge in [0.25, 0.3) is 0 Å². The van der Waals surface area contributed by atoms with Crippen LogP contribution < -0.4 is 0 Å². The van der Waals surface area contributed by atoms with Gasteiger partial charge in [0, 0.05) is 0 Å². The Kier molecular flexibility index (Phi) is 6.48. The van der Waals surface area contributed by atoms with Crippen molar-refractivity contribution in [2.45, 2.75) is 48.8 Å². The zero-order valence-corrected chi connectivity index (χ0v) is 14.2. The normalized spacial score (nSPS) is 17.1. The van der Waals surface area contributed by atoms with Gasteiger partial charge in [-0.05, 0) is 17.7 Å². The molecule has 0 spiro atoms. The molecule has 0 aliphatic heterocycles. The molecule has 174 valence electrons. The first-order chi connectivity index (χ1) is 13.1. The summed E-state index contributed by atoms with van der Waals surface area (Å²) in [5.41, 5.74) is -0.923. The molecule has 1 aromatic carbocycles. The second-order valence-corrected chi connectivity index (χ2v) is 6.21. The molecular formula is C15H10F14O. The average Bonchev–Trinajstić information content (AvgIpc) is 2.58. The summed E-state index contributed by atoms with van der Waals surface area (Å²) < 4.78 is 183. The highest BCUT2D eigenvalue weighted by molar-refractivity contribution is 5.21. The van der Waals surface area contributed by atoms with Crippen LogP contribution in [0.1, 0.15) is 18.6 Å². The summed E-state index contributed by atoms with van der Waals surface area (Å²) in [6.45, 7) is -0.112. The number of hydrogen-bond acceptors (Lipinski definition) is 1. The van der Waals surface area contributed by atoms with Gasteiger partial charge in [-0.3, -0.25) is 0 Å². The Hall–Kier alpha value is -1.80. The van der Waals surface area contributed by atoms with E-state index in [2.05, 4.69) is 0 Å². The van der Waals surface area contributed by atoms with E-state index in [1.165, 1.54) is 0 Å². The lowest BCUT2D eigenvalue weighted by Crippen LogP contribution is -2.71. The maximum absolute atomic E-state index is 14.0. The van der Waals surface area contributed by atoms with E-state index in [0.29, 0.717) is 12.1 Å². The van der Waals surface area contributed by atoms with Crippen molar-refractivity contribution < 1.29 is 66.6 Å². The third-order valence-corrected chi connectivity index (χ3v) is 4.19. The van der Waals surface area contributed by atoms with Gasteiger partial charge in [0.1, 0.15) is 5.82 Å². The highest BCUT2D eigenvalue weighted by atomic mass is 19.4. The Bertz CT molecular complexity index is 754. The van der Waals surface area contributed by atoms with Crippen LogP contribution in [0.15, 0.2) is 24.3 Å². The molecule has 0 aliphatic carbocycles. The molecule has 1 aromatic rings. The predicted octanol–water partition coefficient (Wildman–Crippen LogP) is 6.23. The van der Waals surface area contributed by atoms with Crippen molar-refractivity contribution in [1.82, 2.24) is 0 Å². The lowest BCUT2D eigenvalue weighted by molar-refractivity contribution is -0.444. The first kappa shape index (κ1) is 26.2. The molecule has 30 heavy (non-hydrogen) atoms. The molecular weight excluding hydrogens is 462 g/mol. The Morgan fingerprint density at radius 1 is 0.700 bits per heavy atom. The lowest BCUT2D eigenvalue weighted by Gasteiger charge is -2.42. The quantitative estimate of drug-likeness (QED) is 0.467. The van der Waals surface area contributed by atoms with Crippen LogP contribution in [0.2, 0.25) is 0 Å². The molecule has 0 saturated heterocycles. The number of aliphatic hydroxyl groups excluding tert-OH is 1. The summed E-state index contributed by atoms with van der Waals surface area (Å²) in [6.07, 6.45) is -10.4. The Morgan fingerprint density at radius 3 is 1.53 bits per heavy atom. The summed E-state index contributed by atoms with van der Waals surface area (Å²) in [5, 5.41) is 9.63. The summed E-state index contributed by atoms with van der Waals surface area (Å²) in [6, 6.07) is 2.36. The van der Waals surface area contributed by atoms with E-state index in [4.69, 9.17) is 0 Å². The third-order valence-electron chi connectivity index (χ3n) is 4.19. The SMILES string of the molecule is CC(C(O)c1cccc(F)c1)C(F)(F)C(F)(F)C(F)(F)C(F)(F)C(F)(F)C(F)(F)F. The van der Waals surface area contributed by atoms with E-state index in [1.54, 1.807) is 0 Å². The van der Waals surface area contributed by atoms with E-state index in [1.807, 2.05) is 0 Å². The van der Waals surface area contributed by atoms with Gasteiger partial charge < -0.3 is 5.11 Å². The van der Waals surface area contributed by atoms with Gasteiger partial charge in [-0.1, -0.05) is 19.1 Å². The fraction of sp³-hybridized carbons (Fsp3) is 0.600. The summed E-state index contributed by atoms with van der Waals surface area (Å²) >= 11 is 0. The molecule has 15 heteroatoms. The summed E-state index contributed by atoms with van der Waals surface area (Å²) in [5.74, 6) is -42.5. The monoisotopic (exact) mass is 472 g/mol. The van der Waals surface area contributed by atoms with Gasteiger partial charge in [0.05, 0.1) is 12.0 Å². The minimum atomic E-state index is -8.02. The molecule has 1 N–H and O–H groups in total. The minimum Gasteiger partial charge on any atom is -0.388 e. The third kappa shape index (κ3) is 3.68. The first-order valence-corrected chi connectivity index (χ1v) is 7.46. The van der Waals surface area contributed by atoms with Crippen LogP contribution in [0.25, 0.3) is 0 Å². The molecule has 1 rings (SSSR count). The average molecular weight is 472 g/mol. The number of rotatable bonds is 7. The van der Waals surface area contributed by atoms with Gasteiger partial charge in [-0.2, -0.15) is 57.1 Å². The number of alkyl halides is 13. The summed E-state index contributed by atoms with van der Waals surface area (Å²) in [4.78, 5) is 0. The van der Waals surface area contributed by atoms with Gasteiger partial charge in [-0.15, -0.1) is 0 Å². The second kappa shape index (κ2) is 7.41. The van der Waals surface area contributed by atoms with Crippen molar-refractivity contribution in [3.05, 3.63) is 35.6 Å². The molecule has 2 atom stereocenters. The van der Waals surface area contributed by atoms with Crippen molar-refractivity contribution in [3.8, 4) is 0 Å². The summed E-state index contributed by atoms with van der Waals surface area (Å²) in [7, 11) is 0. The van der Waals surface area contributed by atoms with Crippen LogP contribution in [0.5, 0.6) is 0 Å². The zero-order valence-electron chi connectivity index (χ0n) is 14.2. The molecule has 0 saturated carbocycles. The van der Waals surface area contributed by atoms with Crippen LogP contribution >= 0.6 is 0 Å². The van der Waals surface area contributed by atoms with Crippen LogP contribution in [0.4, 0.5) is 61.5 Å². The molecule has 0 radical (unpaired) electrons. The highest BCUT2D eigenvalue weighted by Gasteiger charge is 2.91. The Labute approximate surface area is 158 Å². The van der Waals surface area contributed by atoms with E-state index in [-0.39, 0.29) is 13.0 Å². The second-order valence-electron chi connectivity index (χ2n) is 6.21. The van der Waals surface area contributed by atoms with Crippen molar-refractivity contribution in [1.29, 1.82) is 0 Å². The van der Waals surface area contributed by atoms with Crippen LogP contribution in [0, 0.1) is 11.7 Å². The van der Waals surface area contributed by atoms with E-state index in [0.717, 1.165) is 6.07 Å².